The zero-order valence-corrected chi connectivity index (χ0v) is 5.39. The molecule has 0 aliphatic heterocycles. The number of hydrogen-bond acceptors (Lipinski definition) is 1. The molecule has 0 aromatic carbocycles. The minimum Gasteiger partial charge on any atom is -0.412 e. The first-order valence-electron chi connectivity index (χ1n) is 2.54. The molecule has 0 atom stereocenters. The first-order valence-corrected chi connectivity index (χ1v) is 2.54. The second-order valence-corrected chi connectivity index (χ2v) is 1.52. The first-order chi connectivity index (χ1) is 3.81. The molecule has 0 heterocycles. The average molecular weight is 128 g/mol. The number of Topliss-reactive ketones (excluding diaryl/α,β-unsaturated/α-hetero) is 1. The van der Waals surface area contributed by atoms with Crippen LogP contribution in [0.3, 0.4) is 0 Å². The normalized spacial score (nSPS) is 7.11. The third kappa shape index (κ3) is 7.11. The first kappa shape index (κ1) is 11.0. The molecule has 52 valence electrons. The Morgan fingerprint density at radius 2 is 1.56 bits per heavy atom. The molecule has 9 heavy (non-hydrogen) atoms. The van der Waals surface area contributed by atoms with Gasteiger partial charge in [0, 0.05) is 12.8 Å². The molecule has 2 N–H and O–H groups in total. The maximum atomic E-state index is 10.5. The molecule has 0 rings (SSSR count). The van der Waals surface area contributed by atoms with Gasteiger partial charge in [0.25, 0.3) is 0 Å². The van der Waals surface area contributed by atoms with Gasteiger partial charge in [-0.05, 0) is 0 Å². The Bertz CT molecular complexity index is 93.5. The molecule has 0 saturated heterocycles. The number of carbonyl (C=O) groups is 1. The largest absolute Gasteiger partial charge is 0.412 e. The van der Waals surface area contributed by atoms with Gasteiger partial charge in [0.1, 0.15) is 5.78 Å². The van der Waals surface area contributed by atoms with Crippen molar-refractivity contribution in [3.63, 3.8) is 0 Å². The lowest BCUT2D eigenvalue weighted by Crippen LogP contribution is -1.90. The van der Waals surface area contributed by atoms with Crippen LogP contribution in [0.5, 0.6) is 0 Å². The minimum atomic E-state index is 0. The van der Waals surface area contributed by atoms with Crippen molar-refractivity contribution < 1.29 is 10.3 Å². The third-order valence-electron chi connectivity index (χ3n) is 0.744. The molecule has 0 aliphatic rings. The molecule has 0 fully saturated rings. The van der Waals surface area contributed by atoms with Gasteiger partial charge in [0.05, 0.1) is 0 Å². The number of hydrogen-bond donors (Lipinski definition) is 0. The quantitative estimate of drug-likeness (QED) is 0.518. The van der Waals surface area contributed by atoms with Crippen LogP contribution in [-0.2, 0) is 4.79 Å². The van der Waals surface area contributed by atoms with Gasteiger partial charge in [0.15, 0.2) is 0 Å². The molecule has 2 heteroatoms. The minimum absolute atomic E-state index is 0. The van der Waals surface area contributed by atoms with Gasteiger partial charge >= 0.3 is 0 Å². The Balaban J connectivity index is 0. The third-order valence-corrected chi connectivity index (χ3v) is 0.744. The van der Waals surface area contributed by atoms with E-state index in [0.717, 1.165) is 0 Å². The smallest absolute Gasteiger partial charge is 0.140 e. The van der Waals surface area contributed by atoms with Crippen molar-refractivity contribution in [1.82, 2.24) is 0 Å². The summed E-state index contributed by atoms with van der Waals surface area (Å²) in [6, 6.07) is 0. The predicted octanol–water partition coefficient (Wildman–Crippen LogP) is 0.883. The standard InChI is InChI=1S/C7H10O.H2O/c1-3-5-7(8)6-4-2;/h3-4H,1-2,5-6H2;1H2. The predicted molar refractivity (Wildman–Crippen MR) is 38.2 cm³/mol. The highest BCUT2D eigenvalue weighted by Gasteiger charge is 1.91. The SMILES string of the molecule is C=CCC(=O)CC=C.O. The Morgan fingerprint density at radius 1 is 1.22 bits per heavy atom. The molecule has 0 aliphatic carbocycles. The highest BCUT2D eigenvalue weighted by Crippen LogP contribution is 1.89. The topological polar surface area (TPSA) is 48.6 Å². The highest BCUT2D eigenvalue weighted by atomic mass is 16.1. The summed E-state index contributed by atoms with van der Waals surface area (Å²) in [4.78, 5) is 10.5. The van der Waals surface area contributed by atoms with Crippen LogP contribution in [0.1, 0.15) is 12.8 Å². The Hall–Kier alpha value is -0.890. The van der Waals surface area contributed by atoms with E-state index >= 15 is 0 Å². The van der Waals surface area contributed by atoms with Crippen LogP contribution < -0.4 is 0 Å². The molecule has 2 nitrogen and oxygen atoms in total. The fourth-order valence-corrected chi connectivity index (χ4v) is 0.405. The molecule has 0 aromatic heterocycles. The number of ketones is 1. The Kier molecular flexibility index (Phi) is 8.68. The lowest BCUT2D eigenvalue weighted by atomic mass is 10.2. The second-order valence-electron chi connectivity index (χ2n) is 1.52. The summed E-state index contributed by atoms with van der Waals surface area (Å²) < 4.78 is 0. The molecule has 0 aromatic rings. The maximum Gasteiger partial charge on any atom is 0.140 e. The van der Waals surface area contributed by atoms with E-state index in [2.05, 4.69) is 13.2 Å². The zero-order valence-electron chi connectivity index (χ0n) is 5.39. The van der Waals surface area contributed by atoms with E-state index in [9.17, 15) is 4.79 Å². The van der Waals surface area contributed by atoms with Crippen LogP contribution in [0.15, 0.2) is 25.3 Å². The van der Waals surface area contributed by atoms with Crippen LogP contribution in [0, 0.1) is 0 Å². The molecule has 0 spiro atoms. The van der Waals surface area contributed by atoms with Crippen molar-refractivity contribution in [2.45, 2.75) is 12.8 Å². The summed E-state index contributed by atoms with van der Waals surface area (Å²) in [5.74, 6) is 0.176. The number of rotatable bonds is 4. The zero-order chi connectivity index (χ0) is 6.41. The van der Waals surface area contributed by atoms with Crippen LogP contribution >= 0.6 is 0 Å². The van der Waals surface area contributed by atoms with E-state index in [1.54, 1.807) is 12.2 Å². The van der Waals surface area contributed by atoms with Crippen LogP contribution in [0.2, 0.25) is 0 Å². The monoisotopic (exact) mass is 128 g/mol. The van der Waals surface area contributed by atoms with E-state index in [0.29, 0.717) is 12.8 Å². The van der Waals surface area contributed by atoms with Gasteiger partial charge in [-0.3, -0.25) is 4.79 Å². The van der Waals surface area contributed by atoms with Crippen LogP contribution in [0.25, 0.3) is 0 Å². The van der Waals surface area contributed by atoms with E-state index in [1.807, 2.05) is 0 Å². The molecule has 0 unspecified atom stereocenters. The van der Waals surface area contributed by atoms with Crippen LogP contribution in [-0.4, -0.2) is 11.3 Å². The van der Waals surface area contributed by atoms with Gasteiger partial charge in [-0.25, -0.2) is 0 Å². The number of carbonyl (C=O) groups excluding carboxylic acids is 1. The summed E-state index contributed by atoms with van der Waals surface area (Å²) in [6.07, 6.45) is 4.13. The van der Waals surface area contributed by atoms with Gasteiger partial charge in [-0.1, -0.05) is 12.2 Å². The van der Waals surface area contributed by atoms with Gasteiger partial charge in [-0.15, -0.1) is 13.2 Å². The lowest BCUT2D eigenvalue weighted by molar-refractivity contribution is -0.117. The Labute approximate surface area is 55.2 Å². The number of allylic oxidation sites excluding steroid dienone is 2. The average Bonchev–Trinajstić information content (AvgIpc) is 1.68. The van der Waals surface area contributed by atoms with E-state index < -0.39 is 0 Å². The molecular formula is C7H12O2. The van der Waals surface area contributed by atoms with Gasteiger partial charge in [0.2, 0.25) is 0 Å². The molecule has 0 radical (unpaired) electrons. The van der Waals surface area contributed by atoms with E-state index in [4.69, 9.17) is 0 Å². The molecule has 0 saturated carbocycles. The summed E-state index contributed by atoms with van der Waals surface area (Å²) in [5, 5.41) is 0. The fourth-order valence-electron chi connectivity index (χ4n) is 0.405. The van der Waals surface area contributed by atoms with Crippen molar-refractivity contribution in [3.05, 3.63) is 25.3 Å². The van der Waals surface area contributed by atoms with E-state index in [-0.39, 0.29) is 11.3 Å². The van der Waals surface area contributed by atoms with Crippen molar-refractivity contribution in [2.75, 3.05) is 0 Å². The van der Waals surface area contributed by atoms with Crippen molar-refractivity contribution in [1.29, 1.82) is 0 Å². The molecule has 0 amide bonds. The van der Waals surface area contributed by atoms with Crippen molar-refractivity contribution >= 4 is 5.78 Å². The van der Waals surface area contributed by atoms with Crippen molar-refractivity contribution in [2.24, 2.45) is 0 Å². The second kappa shape index (κ2) is 7.11. The van der Waals surface area contributed by atoms with Gasteiger partial charge < -0.3 is 5.48 Å². The highest BCUT2D eigenvalue weighted by molar-refractivity contribution is 5.80. The van der Waals surface area contributed by atoms with Gasteiger partial charge in [-0.2, -0.15) is 0 Å². The summed E-state index contributed by atoms with van der Waals surface area (Å²) in [7, 11) is 0. The maximum absolute atomic E-state index is 10.5. The van der Waals surface area contributed by atoms with Crippen LogP contribution in [0.4, 0.5) is 0 Å². The lowest BCUT2D eigenvalue weighted by Gasteiger charge is -1.85. The summed E-state index contributed by atoms with van der Waals surface area (Å²) in [5.41, 5.74) is 0. The fraction of sp³-hybridized carbons (Fsp3) is 0.286. The summed E-state index contributed by atoms with van der Waals surface area (Å²) in [6.45, 7) is 6.86. The Morgan fingerprint density at radius 3 is 1.78 bits per heavy atom. The summed E-state index contributed by atoms with van der Waals surface area (Å²) >= 11 is 0. The molecular weight excluding hydrogens is 116 g/mol. The van der Waals surface area contributed by atoms with Crippen molar-refractivity contribution in [3.8, 4) is 0 Å². The van der Waals surface area contributed by atoms with E-state index in [1.165, 1.54) is 0 Å². The molecule has 0 bridgehead atoms.